The molecule has 7 N–H and O–H groups in total. The average Bonchev–Trinajstić information content (AvgIpc) is 3.23. The van der Waals surface area contributed by atoms with Crippen molar-refractivity contribution in [1.82, 2.24) is 0 Å². The van der Waals surface area contributed by atoms with Gasteiger partial charge in [-0.05, 0) is 38.5 Å². The highest BCUT2D eigenvalue weighted by molar-refractivity contribution is 7.47. The number of phosphoric ester groups is 2. The van der Waals surface area contributed by atoms with Crippen molar-refractivity contribution in [3.8, 4) is 0 Å². The summed E-state index contributed by atoms with van der Waals surface area (Å²) in [5.41, 5.74) is 0. The van der Waals surface area contributed by atoms with Crippen LogP contribution in [0.3, 0.4) is 0 Å². The molecule has 0 heterocycles. The summed E-state index contributed by atoms with van der Waals surface area (Å²) in [6.45, 7) is 3.11. The first kappa shape index (κ1) is 59.8. The maximum atomic E-state index is 13.0. The topological polar surface area (TPSA) is 256 Å². The van der Waals surface area contributed by atoms with Gasteiger partial charge in [0.1, 0.15) is 43.2 Å². The summed E-state index contributed by atoms with van der Waals surface area (Å²) in [7, 11) is -10.7. The van der Waals surface area contributed by atoms with Gasteiger partial charge in [-0.2, -0.15) is 0 Å². The Kier molecular flexibility index (Phi) is 34.9. The first-order chi connectivity index (χ1) is 30.1. The second-order valence-corrected chi connectivity index (χ2v) is 19.8. The predicted molar refractivity (Wildman–Crippen MR) is 241 cm³/mol. The highest BCUT2D eigenvalue weighted by Gasteiger charge is 2.54. The van der Waals surface area contributed by atoms with Crippen molar-refractivity contribution in [2.75, 3.05) is 13.2 Å². The number of carbonyl (C=O) groups excluding carboxylic acids is 2. The number of ether oxygens (including phenoxy) is 2. The van der Waals surface area contributed by atoms with Crippen molar-refractivity contribution in [2.24, 2.45) is 0 Å². The van der Waals surface area contributed by atoms with Crippen LogP contribution in [-0.4, -0.2) is 103 Å². The average molecular weight is 945 g/mol. The van der Waals surface area contributed by atoms with Crippen molar-refractivity contribution in [3.05, 3.63) is 12.2 Å². The van der Waals surface area contributed by atoms with E-state index >= 15 is 0 Å². The molecule has 0 bridgehead atoms. The lowest BCUT2D eigenvalue weighted by Crippen LogP contribution is -2.64. The number of carbonyl (C=O) groups is 2. The number of esters is 2. The Bertz CT molecular complexity index is 1280. The second kappa shape index (κ2) is 36.8. The van der Waals surface area contributed by atoms with E-state index in [1.165, 1.54) is 89.9 Å². The smallest absolute Gasteiger partial charge is 0.462 e. The summed E-state index contributed by atoms with van der Waals surface area (Å²) in [4.78, 5) is 54.3. The van der Waals surface area contributed by atoms with E-state index < -0.39 is 83.5 Å². The first-order valence-corrected chi connectivity index (χ1v) is 27.3. The number of allylic oxidation sites excluding steroid dienone is 2. The Morgan fingerprint density at radius 2 is 0.873 bits per heavy atom. The zero-order valence-electron chi connectivity index (χ0n) is 38.5. The maximum Gasteiger partial charge on any atom is 0.472 e. The molecule has 8 atom stereocenters. The summed E-state index contributed by atoms with van der Waals surface area (Å²) in [5, 5.41) is 41.2. The number of phosphoric acid groups is 2. The quantitative estimate of drug-likeness (QED) is 0.0130. The molecular formula is C45H86O16P2. The van der Waals surface area contributed by atoms with Crippen molar-refractivity contribution < 1.29 is 76.9 Å². The normalized spacial score (nSPS) is 22.0. The van der Waals surface area contributed by atoms with Crippen LogP contribution in [-0.2, 0) is 41.8 Å². The number of aliphatic hydroxyl groups is 4. The first-order valence-electron chi connectivity index (χ1n) is 24.2. The van der Waals surface area contributed by atoms with Crippen LogP contribution >= 0.6 is 15.6 Å². The second-order valence-electron chi connectivity index (χ2n) is 17.2. The molecule has 5 unspecified atom stereocenters. The largest absolute Gasteiger partial charge is 0.472 e. The number of hydrogen-bond acceptors (Lipinski definition) is 13. The van der Waals surface area contributed by atoms with Crippen LogP contribution in [0.1, 0.15) is 206 Å². The lowest BCUT2D eigenvalue weighted by molar-refractivity contribution is -0.216. The maximum absolute atomic E-state index is 13.0. The Labute approximate surface area is 378 Å². The van der Waals surface area contributed by atoms with Crippen LogP contribution in [0.15, 0.2) is 12.2 Å². The van der Waals surface area contributed by atoms with Gasteiger partial charge in [0.05, 0.1) is 6.61 Å². The van der Waals surface area contributed by atoms with Gasteiger partial charge in [0.25, 0.3) is 0 Å². The van der Waals surface area contributed by atoms with Gasteiger partial charge in [-0.1, -0.05) is 167 Å². The molecule has 372 valence electrons. The Morgan fingerprint density at radius 3 is 1.32 bits per heavy atom. The lowest BCUT2D eigenvalue weighted by Gasteiger charge is -2.43. The van der Waals surface area contributed by atoms with Gasteiger partial charge in [0.15, 0.2) is 6.10 Å². The van der Waals surface area contributed by atoms with Crippen molar-refractivity contribution in [1.29, 1.82) is 0 Å². The van der Waals surface area contributed by atoms with E-state index in [1.54, 1.807) is 0 Å². The highest BCUT2D eigenvalue weighted by Crippen LogP contribution is 2.49. The van der Waals surface area contributed by atoms with E-state index in [1.807, 2.05) is 0 Å². The minimum atomic E-state index is -5.36. The molecule has 0 aromatic heterocycles. The van der Waals surface area contributed by atoms with E-state index in [0.717, 1.165) is 77.0 Å². The molecule has 18 heteroatoms. The third-order valence-electron chi connectivity index (χ3n) is 11.3. The molecule has 63 heavy (non-hydrogen) atoms. The van der Waals surface area contributed by atoms with Crippen LogP contribution in [0.2, 0.25) is 0 Å². The van der Waals surface area contributed by atoms with Crippen molar-refractivity contribution in [2.45, 2.75) is 249 Å². The molecule has 1 aliphatic carbocycles. The van der Waals surface area contributed by atoms with Crippen LogP contribution < -0.4 is 0 Å². The van der Waals surface area contributed by atoms with Gasteiger partial charge in [0, 0.05) is 12.8 Å². The van der Waals surface area contributed by atoms with Crippen LogP contribution in [0.4, 0.5) is 0 Å². The summed E-state index contributed by atoms with van der Waals surface area (Å²) in [5.74, 6) is -1.20. The summed E-state index contributed by atoms with van der Waals surface area (Å²) in [6.07, 6.45) is 21.6. The monoisotopic (exact) mass is 945 g/mol. The molecule has 0 aromatic carbocycles. The third-order valence-corrected chi connectivity index (χ3v) is 12.8. The Hall–Kier alpha value is -1.26. The van der Waals surface area contributed by atoms with Crippen molar-refractivity contribution >= 4 is 27.6 Å². The van der Waals surface area contributed by atoms with Crippen LogP contribution in [0.5, 0.6) is 0 Å². The van der Waals surface area contributed by atoms with E-state index in [0.29, 0.717) is 12.8 Å². The van der Waals surface area contributed by atoms with Crippen molar-refractivity contribution in [3.63, 3.8) is 0 Å². The number of unbranched alkanes of at least 4 members (excludes halogenated alkanes) is 25. The van der Waals surface area contributed by atoms with E-state index in [2.05, 4.69) is 30.5 Å². The fraction of sp³-hybridized carbons (Fsp3) is 0.911. The van der Waals surface area contributed by atoms with Gasteiger partial charge in [-0.25, -0.2) is 9.13 Å². The van der Waals surface area contributed by atoms with Gasteiger partial charge in [-0.15, -0.1) is 0 Å². The number of hydrogen-bond donors (Lipinski definition) is 7. The fourth-order valence-electron chi connectivity index (χ4n) is 7.55. The fourth-order valence-corrected chi connectivity index (χ4v) is 9.09. The molecule has 0 aromatic rings. The molecule has 1 rings (SSSR count). The van der Waals surface area contributed by atoms with Gasteiger partial charge in [-0.3, -0.25) is 23.2 Å². The molecule has 1 saturated carbocycles. The summed E-state index contributed by atoms with van der Waals surface area (Å²) < 4.78 is 49.4. The minimum Gasteiger partial charge on any atom is -0.462 e. The van der Waals surface area contributed by atoms with Crippen LogP contribution in [0.25, 0.3) is 0 Å². The molecule has 0 spiro atoms. The van der Waals surface area contributed by atoms with Gasteiger partial charge < -0.3 is 44.6 Å². The van der Waals surface area contributed by atoms with E-state index in [9.17, 15) is 53.8 Å². The predicted octanol–water partition coefficient (Wildman–Crippen LogP) is 9.18. The zero-order chi connectivity index (χ0) is 46.8. The molecule has 0 aliphatic heterocycles. The van der Waals surface area contributed by atoms with Gasteiger partial charge >= 0.3 is 27.6 Å². The summed E-state index contributed by atoms with van der Waals surface area (Å²) >= 11 is 0. The zero-order valence-corrected chi connectivity index (χ0v) is 40.3. The van der Waals surface area contributed by atoms with E-state index in [-0.39, 0.29) is 12.8 Å². The van der Waals surface area contributed by atoms with E-state index in [4.69, 9.17) is 18.5 Å². The standard InChI is InChI=1S/C45H86O16P2/c1-3-5-7-9-11-13-15-17-19-21-23-25-27-29-31-33-38(46)57-35-37(59-39(47)34-32-30-28-26-24-22-20-18-16-14-12-10-8-6-4-2)36-58-63(55,56)61-45-42(50)40(48)41(49)44(43(45)51)60-62(52,53)54/h13,15,37,40-45,48-51H,3-12,14,16-36H2,1-2H3,(H,55,56)(H2,52,53,54)/b15-13-/t37-,40?,41?,42?,43?,44-,45+/m1/s1. The number of aliphatic hydroxyl groups excluding tert-OH is 4. The molecule has 0 saturated heterocycles. The number of rotatable bonds is 41. The van der Waals surface area contributed by atoms with Crippen LogP contribution in [0, 0.1) is 0 Å². The molecular weight excluding hydrogens is 858 g/mol. The molecule has 1 fully saturated rings. The molecule has 0 amide bonds. The highest BCUT2D eigenvalue weighted by atomic mass is 31.2. The molecule has 16 nitrogen and oxygen atoms in total. The van der Waals surface area contributed by atoms with Gasteiger partial charge in [0.2, 0.25) is 0 Å². The minimum absolute atomic E-state index is 0.0491. The molecule has 0 radical (unpaired) electrons. The lowest BCUT2D eigenvalue weighted by atomic mass is 9.85. The third kappa shape index (κ3) is 31.4. The Balaban J connectivity index is 2.58. The summed E-state index contributed by atoms with van der Waals surface area (Å²) in [6, 6.07) is 0. The molecule has 1 aliphatic rings. The SMILES string of the molecule is CCCCCC/C=C\CCCCCCCCCC(=O)OC[C@H](COP(=O)(O)O[C@H]1C(O)C(O)C(O)[C@@H](OP(=O)(O)O)C1O)OC(=O)CCCCCCCCCCCCCCCCC. The Morgan fingerprint density at radius 1 is 0.492 bits per heavy atom.